The molecule has 1 aliphatic carbocycles. The molecule has 0 bridgehead atoms. The van der Waals surface area contributed by atoms with E-state index in [1.165, 1.54) is 76.3 Å². The molecule has 3 fully saturated rings. The predicted molar refractivity (Wildman–Crippen MR) is 106 cm³/mol. The Morgan fingerprint density at radius 3 is 2.79 bits per heavy atom. The van der Waals surface area contributed by atoms with Crippen molar-refractivity contribution in [3.05, 3.63) is 0 Å². The van der Waals surface area contributed by atoms with Gasteiger partial charge in [-0.1, -0.05) is 19.3 Å². The van der Waals surface area contributed by atoms with E-state index >= 15 is 0 Å². The largest absolute Gasteiger partial charge is 0.357 e. The summed E-state index contributed by atoms with van der Waals surface area (Å²) in [7, 11) is 2.25. The summed E-state index contributed by atoms with van der Waals surface area (Å²) in [5.74, 6) is 3.17. The van der Waals surface area contributed by atoms with Gasteiger partial charge in [0, 0.05) is 43.2 Å². The van der Waals surface area contributed by atoms with Crippen molar-refractivity contribution in [2.45, 2.75) is 56.6 Å². The van der Waals surface area contributed by atoms with Crippen molar-refractivity contribution < 1.29 is 0 Å². The first-order valence-electron chi connectivity index (χ1n) is 10.1. The Hall–Kier alpha value is -0.420. The van der Waals surface area contributed by atoms with E-state index in [1.807, 2.05) is 0 Å². The van der Waals surface area contributed by atoms with Gasteiger partial charge in [0.1, 0.15) is 0 Å². The summed E-state index contributed by atoms with van der Waals surface area (Å²) in [6.45, 7) is 8.98. The molecule has 0 aromatic rings. The Kier molecular flexibility index (Phi) is 6.73. The summed E-state index contributed by atoms with van der Waals surface area (Å²) in [5, 5.41) is 3.58. The van der Waals surface area contributed by atoms with Gasteiger partial charge in [-0.3, -0.25) is 4.99 Å². The lowest BCUT2D eigenvalue weighted by atomic mass is 9.87. The minimum atomic E-state index is 0.512. The van der Waals surface area contributed by atoms with Crippen molar-refractivity contribution in [3.63, 3.8) is 0 Å². The molecule has 2 saturated heterocycles. The first kappa shape index (κ1) is 18.4. The third-order valence-corrected chi connectivity index (χ3v) is 7.41. The summed E-state index contributed by atoms with van der Waals surface area (Å²) < 4.78 is 0.512. The van der Waals surface area contributed by atoms with Gasteiger partial charge in [0.15, 0.2) is 5.96 Å². The van der Waals surface area contributed by atoms with Gasteiger partial charge in [0.05, 0.1) is 0 Å². The number of thioether (sulfide) groups is 1. The summed E-state index contributed by atoms with van der Waals surface area (Å²) >= 11 is 2.24. The average molecular weight is 353 g/mol. The summed E-state index contributed by atoms with van der Waals surface area (Å²) in [6, 6.07) is 0. The molecule has 1 atom stereocenters. The molecule has 2 heterocycles. The second-order valence-electron chi connectivity index (χ2n) is 7.98. The molecule has 0 amide bonds. The number of likely N-dealkylation sites (tertiary alicyclic amines) is 1. The molecule has 0 radical (unpaired) electrons. The van der Waals surface area contributed by atoms with Crippen molar-refractivity contribution >= 4 is 17.7 Å². The topological polar surface area (TPSA) is 30.9 Å². The van der Waals surface area contributed by atoms with Crippen LogP contribution in [0.15, 0.2) is 4.99 Å². The minimum Gasteiger partial charge on any atom is -0.357 e. The van der Waals surface area contributed by atoms with Gasteiger partial charge in [0.25, 0.3) is 0 Å². The first-order valence-corrected chi connectivity index (χ1v) is 11.1. The van der Waals surface area contributed by atoms with Crippen LogP contribution in [0, 0.1) is 5.92 Å². The quantitative estimate of drug-likeness (QED) is 0.625. The number of hydrogen-bond donors (Lipinski definition) is 1. The van der Waals surface area contributed by atoms with Gasteiger partial charge in [-0.05, 0) is 52.1 Å². The second kappa shape index (κ2) is 8.79. The fourth-order valence-corrected chi connectivity index (χ4v) is 6.16. The zero-order valence-electron chi connectivity index (χ0n) is 15.7. The van der Waals surface area contributed by atoms with Crippen LogP contribution in [0.25, 0.3) is 0 Å². The Bertz CT molecular complexity index is 414. The zero-order valence-corrected chi connectivity index (χ0v) is 16.5. The van der Waals surface area contributed by atoms with Gasteiger partial charge in [-0.15, -0.1) is 0 Å². The molecule has 1 saturated carbocycles. The van der Waals surface area contributed by atoms with E-state index in [4.69, 9.17) is 4.99 Å². The van der Waals surface area contributed by atoms with Crippen molar-refractivity contribution in [2.24, 2.45) is 10.9 Å². The van der Waals surface area contributed by atoms with E-state index in [9.17, 15) is 0 Å². The zero-order chi connectivity index (χ0) is 16.8. The fraction of sp³-hybridized carbons (Fsp3) is 0.947. The molecule has 138 valence electrons. The van der Waals surface area contributed by atoms with E-state index in [0.717, 1.165) is 25.6 Å². The van der Waals surface area contributed by atoms with Crippen LogP contribution in [0.5, 0.6) is 0 Å². The van der Waals surface area contributed by atoms with Crippen LogP contribution in [-0.4, -0.2) is 72.6 Å². The molecular weight excluding hydrogens is 316 g/mol. The summed E-state index contributed by atoms with van der Waals surface area (Å²) in [6.07, 6.45) is 9.75. The van der Waals surface area contributed by atoms with Crippen molar-refractivity contribution in [3.8, 4) is 0 Å². The van der Waals surface area contributed by atoms with Crippen LogP contribution < -0.4 is 5.32 Å². The molecule has 5 heteroatoms. The average Bonchev–Trinajstić information content (AvgIpc) is 2.59. The molecule has 0 aromatic heterocycles. The SMILES string of the molecule is CCNC(=NCC1CCCN(C)C1)N1CCSC2(CCCCC2)C1. The Labute approximate surface area is 152 Å². The summed E-state index contributed by atoms with van der Waals surface area (Å²) in [5.41, 5.74) is 0. The lowest BCUT2D eigenvalue weighted by Crippen LogP contribution is -2.53. The van der Waals surface area contributed by atoms with Crippen LogP contribution >= 0.6 is 11.8 Å². The molecular formula is C19H36N4S. The van der Waals surface area contributed by atoms with Gasteiger partial charge >= 0.3 is 0 Å². The number of rotatable bonds is 3. The normalized spacial score (nSPS) is 29.0. The third-order valence-electron chi connectivity index (χ3n) is 5.87. The van der Waals surface area contributed by atoms with Gasteiger partial charge < -0.3 is 15.1 Å². The summed E-state index contributed by atoms with van der Waals surface area (Å²) in [4.78, 5) is 10.1. The van der Waals surface area contributed by atoms with E-state index in [2.05, 4.69) is 40.8 Å². The van der Waals surface area contributed by atoms with Gasteiger partial charge in [-0.2, -0.15) is 11.8 Å². The Morgan fingerprint density at radius 2 is 2.04 bits per heavy atom. The molecule has 2 aliphatic heterocycles. The van der Waals surface area contributed by atoms with Crippen LogP contribution in [0.3, 0.4) is 0 Å². The Balaban J connectivity index is 1.62. The maximum atomic E-state index is 5.07. The maximum absolute atomic E-state index is 5.07. The van der Waals surface area contributed by atoms with E-state index in [0.29, 0.717) is 4.75 Å². The number of guanidine groups is 1. The molecule has 4 nitrogen and oxygen atoms in total. The monoisotopic (exact) mass is 352 g/mol. The highest BCUT2D eigenvalue weighted by Crippen LogP contribution is 2.42. The lowest BCUT2D eigenvalue weighted by molar-refractivity contribution is 0.213. The number of nitrogens with zero attached hydrogens (tertiary/aromatic N) is 3. The van der Waals surface area contributed by atoms with Crippen molar-refractivity contribution in [2.75, 3.05) is 52.1 Å². The lowest BCUT2D eigenvalue weighted by Gasteiger charge is -2.45. The number of nitrogens with one attached hydrogen (secondary N) is 1. The van der Waals surface area contributed by atoms with E-state index < -0.39 is 0 Å². The highest BCUT2D eigenvalue weighted by Gasteiger charge is 2.38. The fourth-order valence-electron chi connectivity index (χ4n) is 4.59. The molecule has 3 rings (SSSR count). The highest BCUT2D eigenvalue weighted by atomic mass is 32.2. The van der Waals surface area contributed by atoms with Crippen LogP contribution in [0.4, 0.5) is 0 Å². The van der Waals surface area contributed by atoms with Crippen molar-refractivity contribution in [1.29, 1.82) is 0 Å². The van der Waals surface area contributed by atoms with Gasteiger partial charge in [-0.25, -0.2) is 0 Å². The molecule has 24 heavy (non-hydrogen) atoms. The van der Waals surface area contributed by atoms with E-state index in [1.54, 1.807) is 0 Å². The Morgan fingerprint density at radius 1 is 1.21 bits per heavy atom. The predicted octanol–water partition coefficient (Wildman–Crippen LogP) is 3.05. The molecule has 1 N–H and O–H groups in total. The van der Waals surface area contributed by atoms with Crippen LogP contribution in [0.2, 0.25) is 0 Å². The number of hydrogen-bond acceptors (Lipinski definition) is 3. The molecule has 3 aliphatic rings. The highest BCUT2D eigenvalue weighted by molar-refractivity contribution is 8.00. The molecule has 0 aromatic carbocycles. The standard InChI is InChI=1S/C19H36N4S/c1-3-20-18(21-14-17-8-7-11-22(2)15-17)23-12-13-24-19(16-23)9-5-4-6-10-19/h17H,3-16H2,1-2H3,(H,20,21). The molecule has 1 spiro atoms. The minimum absolute atomic E-state index is 0.512. The molecule has 1 unspecified atom stereocenters. The first-order chi connectivity index (χ1) is 11.7. The van der Waals surface area contributed by atoms with Crippen LogP contribution in [-0.2, 0) is 0 Å². The van der Waals surface area contributed by atoms with E-state index in [-0.39, 0.29) is 0 Å². The smallest absolute Gasteiger partial charge is 0.193 e. The second-order valence-corrected chi connectivity index (χ2v) is 9.54. The maximum Gasteiger partial charge on any atom is 0.193 e. The van der Waals surface area contributed by atoms with Gasteiger partial charge in [0.2, 0.25) is 0 Å². The number of piperidine rings is 1. The third kappa shape index (κ3) is 4.81. The van der Waals surface area contributed by atoms with Crippen molar-refractivity contribution in [1.82, 2.24) is 15.1 Å². The van der Waals surface area contributed by atoms with Crippen LogP contribution in [0.1, 0.15) is 51.9 Å². The number of aliphatic imine (C=N–C) groups is 1.